The summed E-state index contributed by atoms with van der Waals surface area (Å²) in [5.41, 5.74) is 0. The van der Waals surface area contributed by atoms with Crippen LogP contribution in [-0.2, 0) is 34.7 Å². The van der Waals surface area contributed by atoms with Gasteiger partial charge in [0.25, 0.3) is 0 Å². The molecule has 0 radical (unpaired) electrons. The van der Waals surface area contributed by atoms with Gasteiger partial charge in [0, 0.05) is 8.77 Å². The smallest absolute Gasteiger partial charge is 0.514 e. The van der Waals surface area contributed by atoms with Gasteiger partial charge in [0.05, 0.1) is 13.2 Å². The molecule has 0 atom stereocenters. The fourth-order valence-corrected chi connectivity index (χ4v) is 0.707. The van der Waals surface area contributed by atoms with Crippen molar-refractivity contribution in [1.82, 2.24) is 0 Å². The van der Waals surface area contributed by atoms with E-state index < -0.39 is 0 Å². The second kappa shape index (κ2) is 15.9. The van der Waals surface area contributed by atoms with E-state index in [0.717, 1.165) is 0 Å². The molecule has 0 aliphatic carbocycles. The van der Waals surface area contributed by atoms with Crippen LogP contribution in [0.25, 0.3) is 0 Å². The number of hydrogen-bond acceptors (Lipinski definition) is 6. The van der Waals surface area contributed by atoms with Crippen LogP contribution in [-0.4, -0.2) is 59.7 Å². The molecular formula is C6H10CaO2S4. The third-order valence-electron chi connectivity index (χ3n) is 0.524. The summed E-state index contributed by atoms with van der Waals surface area (Å²) in [7, 11) is 0. The molecule has 2 nitrogen and oxygen atoms in total. The van der Waals surface area contributed by atoms with Crippen LogP contribution < -0.4 is 0 Å². The Morgan fingerprint density at radius 2 is 1.23 bits per heavy atom. The van der Waals surface area contributed by atoms with Crippen molar-refractivity contribution in [3.8, 4) is 0 Å². The monoisotopic (exact) mass is 282 g/mol. The van der Waals surface area contributed by atoms with E-state index in [4.69, 9.17) is 0 Å². The van der Waals surface area contributed by atoms with E-state index in [1.807, 2.05) is 13.8 Å². The molecule has 0 spiro atoms. The molecule has 13 heavy (non-hydrogen) atoms. The number of rotatable bonds is 2. The van der Waals surface area contributed by atoms with Gasteiger partial charge in [-0.3, -0.25) is 0 Å². The van der Waals surface area contributed by atoms with Crippen LogP contribution in [0.2, 0.25) is 0 Å². The molecule has 0 N–H and O–H groups in total. The molecule has 0 aliphatic rings. The van der Waals surface area contributed by atoms with Crippen molar-refractivity contribution in [3.63, 3.8) is 0 Å². The Morgan fingerprint density at radius 3 is 1.23 bits per heavy atom. The molecule has 0 heterocycles. The van der Waals surface area contributed by atoms with Crippen molar-refractivity contribution >= 4 is 96.2 Å². The topological polar surface area (TPSA) is 18.5 Å². The Morgan fingerprint density at radius 1 is 1.00 bits per heavy atom. The third kappa shape index (κ3) is 31.8. The average Bonchev–Trinajstić information content (AvgIpc) is 1.87. The van der Waals surface area contributed by atoms with Crippen LogP contribution in [0.4, 0.5) is 0 Å². The summed E-state index contributed by atoms with van der Waals surface area (Å²) in [6.45, 7) is 4.86. The number of ether oxygens (including phenoxy) is 2. The fraction of sp³-hybridized carbons (Fsp3) is 0.667. The molecule has 72 valence electrons. The van der Waals surface area contributed by atoms with Crippen LogP contribution in [0.3, 0.4) is 0 Å². The summed E-state index contributed by atoms with van der Waals surface area (Å²) in [6, 6.07) is 0. The second-order valence-electron chi connectivity index (χ2n) is 1.37. The molecule has 0 aliphatic heterocycles. The first-order chi connectivity index (χ1) is 5.54. The van der Waals surface area contributed by atoms with Gasteiger partial charge in [-0.2, -0.15) is 0 Å². The van der Waals surface area contributed by atoms with Gasteiger partial charge in [-0.25, -0.2) is 0 Å². The summed E-state index contributed by atoms with van der Waals surface area (Å²) in [5.74, 6) is 0. The summed E-state index contributed by atoms with van der Waals surface area (Å²) < 4.78 is 9.59. The normalized spacial score (nSPS) is 6.92. The van der Waals surface area contributed by atoms with Gasteiger partial charge < -0.3 is 59.2 Å². The van der Waals surface area contributed by atoms with E-state index in [9.17, 15) is 0 Å². The average molecular weight is 282 g/mol. The van der Waals surface area contributed by atoms with E-state index in [1.165, 1.54) is 0 Å². The zero-order valence-corrected chi connectivity index (χ0v) is 13.0. The predicted molar refractivity (Wildman–Crippen MR) is 68.9 cm³/mol. The summed E-state index contributed by atoms with van der Waals surface area (Å²) in [6.07, 6.45) is 0. The van der Waals surface area contributed by atoms with Crippen molar-refractivity contribution in [2.75, 3.05) is 13.2 Å². The molecule has 0 amide bonds. The third-order valence-corrected chi connectivity index (χ3v) is 0.996. The van der Waals surface area contributed by atoms with Gasteiger partial charge in [0.1, 0.15) is 0 Å². The van der Waals surface area contributed by atoms with E-state index in [2.05, 4.69) is 59.2 Å². The maximum Gasteiger partial charge on any atom is 2.00 e. The summed E-state index contributed by atoms with van der Waals surface area (Å²) in [5, 5.41) is 0. The molecular weight excluding hydrogens is 272 g/mol. The van der Waals surface area contributed by atoms with Crippen LogP contribution in [0.15, 0.2) is 0 Å². The van der Waals surface area contributed by atoms with Crippen molar-refractivity contribution < 1.29 is 9.47 Å². The maximum absolute atomic E-state index is 4.59. The minimum absolute atomic E-state index is 0. The van der Waals surface area contributed by atoms with Crippen LogP contribution >= 0.6 is 24.4 Å². The molecule has 0 unspecified atom stereocenters. The molecule has 0 aromatic carbocycles. The minimum Gasteiger partial charge on any atom is -0.514 e. The number of hydrogen-bond donors (Lipinski definition) is 0. The van der Waals surface area contributed by atoms with Gasteiger partial charge in [-0.05, 0) is 13.8 Å². The maximum atomic E-state index is 4.59. The SMILES string of the molecule is CCOC(=S)[S-].CCOC(=S)[S-].[Ca+2]. The van der Waals surface area contributed by atoms with Gasteiger partial charge in [0.15, 0.2) is 0 Å². The molecule has 0 aromatic rings. The molecule has 0 fully saturated rings. The van der Waals surface area contributed by atoms with E-state index in [1.54, 1.807) is 0 Å². The summed E-state index contributed by atoms with van der Waals surface area (Å²) in [4.78, 5) is 0. The first-order valence-corrected chi connectivity index (χ1v) is 4.85. The molecule has 0 saturated heterocycles. The van der Waals surface area contributed by atoms with Crippen molar-refractivity contribution in [2.24, 2.45) is 0 Å². The summed E-state index contributed by atoms with van der Waals surface area (Å²) >= 11 is 17.5. The zero-order valence-electron chi connectivity index (χ0n) is 7.57. The van der Waals surface area contributed by atoms with Gasteiger partial charge in [-0.15, -0.1) is 0 Å². The Kier molecular flexibility index (Phi) is 24.5. The molecule has 7 heteroatoms. The van der Waals surface area contributed by atoms with Crippen LogP contribution in [0.5, 0.6) is 0 Å². The van der Waals surface area contributed by atoms with Gasteiger partial charge in [0.2, 0.25) is 0 Å². The van der Waals surface area contributed by atoms with Gasteiger partial charge in [-0.1, -0.05) is 0 Å². The zero-order chi connectivity index (χ0) is 9.98. The van der Waals surface area contributed by atoms with Gasteiger partial charge >= 0.3 is 37.7 Å². The fourth-order valence-electron chi connectivity index (χ4n) is 0.236. The molecule has 0 rings (SSSR count). The Balaban J connectivity index is -0.000000143. The number of thiocarbonyl (C=S) groups is 2. The standard InChI is InChI=1S/2C3H6OS2.Ca/c2*1-2-4-3(5)6;/h2*2H2,1H3,(H,5,6);/q;;+2/p-2. The van der Waals surface area contributed by atoms with Crippen molar-refractivity contribution in [3.05, 3.63) is 0 Å². The minimum atomic E-state index is 0. The molecule has 0 aromatic heterocycles. The first-order valence-electron chi connectivity index (χ1n) is 3.22. The largest absolute Gasteiger partial charge is 2.00 e. The predicted octanol–water partition coefficient (Wildman–Crippen LogP) is 1.33. The Bertz CT molecular complexity index is 127. The van der Waals surface area contributed by atoms with Crippen LogP contribution in [0.1, 0.15) is 13.8 Å². The Hall–Kier alpha value is 1.48. The molecule has 0 saturated carbocycles. The second-order valence-corrected chi connectivity index (χ2v) is 3.37. The van der Waals surface area contributed by atoms with Crippen LogP contribution in [0, 0.1) is 0 Å². The quantitative estimate of drug-likeness (QED) is 0.429. The van der Waals surface area contributed by atoms with Crippen molar-refractivity contribution in [2.45, 2.75) is 13.8 Å². The Labute approximate surface area is 131 Å². The van der Waals surface area contributed by atoms with E-state index in [0.29, 0.717) is 13.2 Å². The van der Waals surface area contributed by atoms with E-state index in [-0.39, 0.29) is 46.5 Å². The van der Waals surface area contributed by atoms with Crippen molar-refractivity contribution in [1.29, 1.82) is 0 Å². The molecule has 0 bridgehead atoms. The first kappa shape index (κ1) is 20.0. The van der Waals surface area contributed by atoms with E-state index >= 15 is 0 Å².